The molecule has 3 nitrogen and oxygen atoms in total. The minimum atomic E-state index is -0.540. The summed E-state index contributed by atoms with van der Waals surface area (Å²) in [4.78, 5) is 0. The van der Waals surface area contributed by atoms with Gasteiger partial charge in [-0.25, -0.2) is 8.78 Å². The first-order valence-electron chi connectivity index (χ1n) is 6.26. The number of benzene rings is 1. The second kappa shape index (κ2) is 5.38. The molecular formula is C14H17F2N3. The van der Waals surface area contributed by atoms with E-state index in [1.165, 1.54) is 18.2 Å². The van der Waals surface area contributed by atoms with Gasteiger partial charge < -0.3 is 5.32 Å². The molecule has 1 atom stereocenters. The molecule has 1 unspecified atom stereocenters. The Hall–Kier alpha value is -1.91. The summed E-state index contributed by atoms with van der Waals surface area (Å²) in [6.07, 6.45) is 2.57. The molecule has 0 saturated carbocycles. The van der Waals surface area contributed by atoms with E-state index < -0.39 is 17.7 Å². The Balaban J connectivity index is 2.28. The van der Waals surface area contributed by atoms with Gasteiger partial charge in [-0.2, -0.15) is 5.10 Å². The molecule has 0 bridgehead atoms. The molecule has 0 saturated heterocycles. The SMILES string of the molecule is CCc1nn(C)cc1NC(C)c1c(F)cccc1F. The number of aryl methyl sites for hydroxylation is 2. The van der Waals surface area contributed by atoms with Gasteiger partial charge in [0.15, 0.2) is 0 Å². The molecule has 1 aromatic heterocycles. The fraction of sp³-hybridized carbons (Fsp3) is 0.357. The van der Waals surface area contributed by atoms with Gasteiger partial charge in [0, 0.05) is 18.8 Å². The molecule has 0 radical (unpaired) electrons. The Morgan fingerprint density at radius 1 is 1.32 bits per heavy atom. The zero-order valence-electron chi connectivity index (χ0n) is 11.2. The molecule has 1 aromatic carbocycles. The summed E-state index contributed by atoms with van der Waals surface area (Å²) in [6.45, 7) is 3.72. The van der Waals surface area contributed by atoms with Crippen molar-refractivity contribution in [1.82, 2.24) is 9.78 Å². The third-order valence-corrected chi connectivity index (χ3v) is 3.04. The van der Waals surface area contributed by atoms with E-state index in [1.807, 2.05) is 20.2 Å². The molecular weight excluding hydrogens is 248 g/mol. The molecule has 0 aliphatic heterocycles. The van der Waals surface area contributed by atoms with Crippen LogP contribution in [-0.4, -0.2) is 9.78 Å². The number of nitrogens with one attached hydrogen (secondary N) is 1. The summed E-state index contributed by atoms with van der Waals surface area (Å²) in [5.74, 6) is -1.08. The van der Waals surface area contributed by atoms with Crippen LogP contribution in [0.25, 0.3) is 0 Å². The molecule has 0 aliphatic rings. The number of nitrogens with zero attached hydrogens (tertiary/aromatic N) is 2. The molecule has 0 fully saturated rings. The lowest BCUT2D eigenvalue weighted by atomic mass is 10.1. The van der Waals surface area contributed by atoms with Crippen molar-refractivity contribution in [1.29, 1.82) is 0 Å². The third kappa shape index (κ3) is 2.75. The largest absolute Gasteiger partial charge is 0.376 e. The normalized spacial score (nSPS) is 12.5. The Bertz CT molecular complexity index is 558. The second-order valence-electron chi connectivity index (χ2n) is 4.52. The molecule has 0 spiro atoms. The first kappa shape index (κ1) is 13.5. The van der Waals surface area contributed by atoms with Crippen molar-refractivity contribution in [2.24, 2.45) is 7.05 Å². The fourth-order valence-corrected chi connectivity index (χ4v) is 2.15. The van der Waals surface area contributed by atoms with Crippen LogP contribution in [-0.2, 0) is 13.5 Å². The summed E-state index contributed by atoms with van der Waals surface area (Å²) < 4.78 is 29.1. The van der Waals surface area contributed by atoms with Crippen LogP contribution in [0.5, 0.6) is 0 Å². The van der Waals surface area contributed by atoms with Gasteiger partial charge in [-0.1, -0.05) is 13.0 Å². The van der Waals surface area contributed by atoms with E-state index in [-0.39, 0.29) is 5.56 Å². The van der Waals surface area contributed by atoms with Crippen molar-refractivity contribution >= 4 is 5.69 Å². The summed E-state index contributed by atoms with van der Waals surface area (Å²) in [7, 11) is 1.82. The standard InChI is InChI=1S/C14H17F2N3/c1-4-12-13(8-19(3)18-12)17-9(2)14-10(15)6-5-7-11(14)16/h5-9,17H,4H2,1-3H3. The van der Waals surface area contributed by atoms with Crippen LogP contribution in [0.4, 0.5) is 14.5 Å². The minimum Gasteiger partial charge on any atom is -0.376 e. The van der Waals surface area contributed by atoms with E-state index in [0.29, 0.717) is 0 Å². The predicted octanol–water partition coefficient (Wildman–Crippen LogP) is 3.43. The minimum absolute atomic E-state index is 0.0495. The first-order chi connectivity index (χ1) is 9.02. The quantitative estimate of drug-likeness (QED) is 0.917. The van der Waals surface area contributed by atoms with E-state index in [1.54, 1.807) is 11.6 Å². The maximum Gasteiger partial charge on any atom is 0.131 e. The van der Waals surface area contributed by atoms with Gasteiger partial charge in [0.25, 0.3) is 0 Å². The molecule has 0 amide bonds. The summed E-state index contributed by atoms with van der Waals surface area (Å²) >= 11 is 0. The van der Waals surface area contributed by atoms with E-state index >= 15 is 0 Å². The Morgan fingerprint density at radius 3 is 2.53 bits per heavy atom. The Morgan fingerprint density at radius 2 is 1.95 bits per heavy atom. The van der Waals surface area contributed by atoms with Crippen molar-refractivity contribution < 1.29 is 8.78 Å². The lowest BCUT2D eigenvalue weighted by molar-refractivity contribution is 0.544. The van der Waals surface area contributed by atoms with E-state index in [4.69, 9.17) is 0 Å². The number of rotatable bonds is 4. The third-order valence-electron chi connectivity index (χ3n) is 3.04. The van der Waals surface area contributed by atoms with Gasteiger partial charge in [0.05, 0.1) is 17.4 Å². The zero-order chi connectivity index (χ0) is 14.0. The average Bonchev–Trinajstić information content (AvgIpc) is 2.69. The monoisotopic (exact) mass is 265 g/mol. The van der Waals surface area contributed by atoms with Gasteiger partial charge in [-0.3, -0.25) is 4.68 Å². The highest BCUT2D eigenvalue weighted by Gasteiger charge is 2.17. The highest BCUT2D eigenvalue weighted by molar-refractivity contribution is 5.48. The zero-order valence-corrected chi connectivity index (χ0v) is 11.2. The molecule has 2 aromatic rings. The van der Waals surface area contributed by atoms with Crippen molar-refractivity contribution in [3.8, 4) is 0 Å². The molecule has 0 aliphatic carbocycles. The number of hydrogen-bond acceptors (Lipinski definition) is 2. The highest BCUT2D eigenvalue weighted by Crippen LogP contribution is 2.25. The predicted molar refractivity (Wildman–Crippen MR) is 71.0 cm³/mol. The number of anilines is 1. The maximum absolute atomic E-state index is 13.7. The van der Waals surface area contributed by atoms with E-state index in [0.717, 1.165) is 17.8 Å². The summed E-state index contributed by atoms with van der Waals surface area (Å²) in [5, 5.41) is 7.40. The van der Waals surface area contributed by atoms with Crippen LogP contribution in [0.2, 0.25) is 0 Å². The van der Waals surface area contributed by atoms with Gasteiger partial charge >= 0.3 is 0 Å². The molecule has 102 valence electrons. The smallest absolute Gasteiger partial charge is 0.131 e. The average molecular weight is 265 g/mol. The van der Waals surface area contributed by atoms with E-state index in [2.05, 4.69) is 10.4 Å². The van der Waals surface area contributed by atoms with E-state index in [9.17, 15) is 8.78 Å². The number of aromatic nitrogens is 2. The lowest BCUT2D eigenvalue weighted by Gasteiger charge is -2.16. The van der Waals surface area contributed by atoms with Crippen LogP contribution in [0.15, 0.2) is 24.4 Å². The van der Waals surface area contributed by atoms with Crippen LogP contribution >= 0.6 is 0 Å². The maximum atomic E-state index is 13.7. The van der Waals surface area contributed by atoms with Crippen LogP contribution in [0, 0.1) is 11.6 Å². The van der Waals surface area contributed by atoms with Gasteiger partial charge in [-0.15, -0.1) is 0 Å². The van der Waals surface area contributed by atoms with Crippen molar-refractivity contribution in [3.63, 3.8) is 0 Å². The summed E-state index contributed by atoms with van der Waals surface area (Å²) in [6, 6.07) is 3.43. The Labute approximate surface area is 111 Å². The van der Waals surface area contributed by atoms with Gasteiger partial charge in [-0.05, 0) is 25.5 Å². The first-order valence-corrected chi connectivity index (χ1v) is 6.26. The molecule has 19 heavy (non-hydrogen) atoms. The topological polar surface area (TPSA) is 29.9 Å². The van der Waals surface area contributed by atoms with Crippen molar-refractivity contribution in [2.75, 3.05) is 5.32 Å². The molecule has 1 heterocycles. The number of hydrogen-bond donors (Lipinski definition) is 1. The highest BCUT2D eigenvalue weighted by atomic mass is 19.1. The molecule has 1 N–H and O–H groups in total. The van der Waals surface area contributed by atoms with Crippen LogP contribution in [0.3, 0.4) is 0 Å². The lowest BCUT2D eigenvalue weighted by Crippen LogP contribution is -2.11. The van der Waals surface area contributed by atoms with Gasteiger partial charge in [0.2, 0.25) is 0 Å². The fourth-order valence-electron chi connectivity index (χ4n) is 2.15. The van der Waals surface area contributed by atoms with Crippen molar-refractivity contribution in [2.45, 2.75) is 26.3 Å². The van der Waals surface area contributed by atoms with Crippen LogP contribution < -0.4 is 5.32 Å². The van der Waals surface area contributed by atoms with Crippen molar-refractivity contribution in [3.05, 3.63) is 47.3 Å². The number of halogens is 2. The Kier molecular flexibility index (Phi) is 3.83. The molecule has 5 heteroatoms. The summed E-state index contributed by atoms with van der Waals surface area (Å²) in [5.41, 5.74) is 1.74. The molecule has 2 rings (SSSR count). The van der Waals surface area contributed by atoms with Gasteiger partial charge in [0.1, 0.15) is 11.6 Å². The second-order valence-corrected chi connectivity index (χ2v) is 4.52. The van der Waals surface area contributed by atoms with Crippen LogP contribution in [0.1, 0.15) is 31.1 Å².